The molecule has 21 heavy (non-hydrogen) atoms. The van der Waals surface area contributed by atoms with E-state index in [1.807, 2.05) is 24.3 Å². The predicted octanol–water partition coefficient (Wildman–Crippen LogP) is 3.18. The van der Waals surface area contributed by atoms with Gasteiger partial charge in [-0.1, -0.05) is 18.2 Å². The number of ether oxygens (including phenoxy) is 2. The number of methoxy groups -OCH3 is 2. The quantitative estimate of drug-likeness (QED) is 0.794. The van der Waals surface area contributed by atoms with Gasteiger partial charge < -0.3 is 14.8 Å². The number of hydrogen-bond donors (Lipinski definition) is 1. The van der Waals surface area contributed by atoms with Gasteiger partial charge >= 0.3 is 0 Å². The zero-order valence-electron chi connectivity index (χ0n) is 12.4. The molecule has 0 saturated heterocycles. The van der Waals surface area contributed by atoms with Crippen LogP contribution in [0, 0.1) is 5.82 Å². The lowest BCUT2D eigenvalue weighted by molar-refractivity contribution is 0.354. The zero-order valence-corrected chi connectivity index (χ0v) is 12.4. The molecule has 0 aliphatic rings. The van der Waals surface area contributed by atoms with Crippen LogP contribution < -0.4 is 14.8 Å². The molecule has 0 aliphatic carbocycles. The van der Waals surface area contributed by atoms with Crippen molar-refractivity contribution in [3.05, 3.63) is 59.4 Å². The van der Waals surface area contributed by atoms with Gasteiger partial charge in [0.25, 0.3) is 0 Å². The third-order valence-corrected chi connectivity index (χ3v) is 3.26. The van der Waals surface area contributed by atoms with E-state index in [1.165, 1.54) is 11.6 Å². The van der Waals surface area contributed by atoms with E-state index >= 15 is 0 Å². The Balaban J connectivity index is 1.83. The maximum atomic E-state index is 13.0. The minimum Gasteiger partial charge on any atom is -0.493 e. The van der Waals surface area contributed by atoms with Gasteiger partial charge in [0.15, 0.2) is 11.5 Å². The lowest BCUT2D eigenvalue weighted by Gasteiger charge is -2.10. The fourth-order valence-corrected chi connectivity index (χ4v) is 2.15. The van der Waals surface area contributed by atoms with Crippen molar-refractivity contribution in [2.75, 3.05) is 20.8 Å². The molecule has 3 nitrogen and oxygen atoms in total. The molecule has 0 unspecified atom stereocenters. The second-order valence-electron chi connectivity index (χ2n) is 4.75. The van der Waals surface area contributed by atoms with Crippen molar-refractivity contribution in [3.8, 4) is 11.5 Å². The minimum absolute atomic E-state index is 0.200. The molecule has 4 heteroatoms. The second kappa shape index (κ2) is 7.64. The molecule has 0 aliphatic heterocycles. The summed E-state index contributed by atoms with van der Waals surface area (Å²) in [6, 6.07) is 12.5. The largest absolute Gasteiger partial charge is 0.493 e. The summed E-state index contributed by atoms with van der Waals surface area (Å²) >= 11 is 0. The Kier molecular flexibility index (Phi) is 5.58. The van der Waals surface area contributed by atoms with Gasteiger partial charge in [0.1, 0.15) is 5.82 Å². The van der Waals surface area contributed by atoms with E-state index in [4.69, 9.17) is 9.47 Å². The van der Waals surface area contributed by atoms with Gasteiger partial charge in [-0.2, -0.15) is 0 Å². The Morgan fingerprint density at radius 1 is 0.952 bits per heavy atom. The Labute approximate surface area is 124 Å². The standard InChI is InChI=1S/C17H20FNO2/c1-20-16-7-6-13(11-17(16)21-2)8-9-19-12-14-4-3-5-15(18)10-14/h3-7,10-11,19H,8-9,12H2,1-2H3. The normalized spacial score (nSPS) is 10.4. The SMILES string of the molecule is COc1ccc(CCNCc2cccc(F)c2)cc1OC. The average molecular weight is 289 g/mol. The highest BCUT2D eigenvalue weighted by atomic mass is 19.1. The smallest absolute Gasteiger partial charge is 0.160 e. The molecule has 0 radical (unpaired) electrons. The molecule has 0 heterocycles. The monoisotopic (exact) mass is 289 g/mol. The van der Waals surface area contributed by atoms with Crippen LogP contribution in [0.15, 0.2) is 42.5 Å². The van der Waals surface area contributed by atoms with E-state index in [1.54, 1.807) is 26.4 Å². The molecule has 2 aromatic rings. The summed E-state index contributed by atoms with van der Waals surface area (Å²) in [4.78, 5) is 0. The van der Waals surface area contributed by atoms with Crippen molar-refractivity contribution in [2.24, 2.45) is 0 Å². The number of nitrogens with one attached hydrogen (secondary N) is 1. The van der Waals surface area contributed by atoms with Crippen LogP contribution in [0.4, 0.5) is 4.39 Å². The van der Waals surface area contributed by atoms with Crippen LogP contribution in [0.5, 0.6) is 11.5 Å². The molecule has 0 fully saturated rings. The first-order chi connectivity index (χ1) is 10.2. The molecule has 0 amide bonds. The van der Waals surface area contributed by atoms with Crippen LogP contribution in [0.1, 0.15) is 11.1 Å². The molecular weight excluding hydrogens is 269 g/mol. The molecule has 1 N–H and O–H groups in total. The number of hydrogen-bond acceptors (Lipinski definition) is 3. The summed E-state index contributed by atoms with van der Waals surface area (Å²) in [5.74, 6) is 1.27. The van der Waals surface area contributed by atoms with Crippen molar-refractivity contribution in [1.82, 2.24) is 5.32 Å². The maximum absolute atomic E-state index is 13.0. The van der Waals surface area contributed by atoms with Gasteiger partial charge in [-0.15, -0.1) is 0 Å². The lowest BCUT2D eigenvalue weighted by atomic mass is 10.1. The van der Waals surface area contributed by atoms with Crippen LogP contribution in [0.2, 0.25) is 0 Å². The molecule has 0 atom stereocenters. The highest BCUT2D eigenvalue weighted by Gasteiger charge is 2.04. The van der Waals surface area contributed by atoms with Crippen LogP contribution >= 0.6 is 0 Å². The molecular formula is C17H20FNO2. The van der Waals surface area contributed by atoms with Crippen LogP contribution in [0.3, 0.4) is 0 Å². The zero-order chi connectivity index (χ0) is 15.1. The second-order valence-corrected chi connectivity index (χ2v) is 4.75. The summed E-state index contributed by atoms with van der Waals surface area (Å²) in [5, 5.41) is 3.30. The molecule has 112 valence electrons. The highest BCUT2D eigenvalue weighted by Crippen LogP contribution is 2.27. The van der Waals surface area contributed by atoms with Crippen LogP contribution in [0.25, 0.3) is 0 Å². The van der Waals surface area contributed by atoms with Crippen molar-refractivity contribution in [1.29, 1.82) is 0 Å². The van der Waals surface area contributed by atoms with E-state index in [0.717, 1.165) is 30.0 Å². The Bertz CT molecular complexity index is 587. The topological polar surface area (TPSA) is 30.5 Å². The highest BCUT2D eigenvalue weighted by molar-refractivity contribution is 5.42. The summed E-state index contributed by atoms with van der Waals surface area (Å²) in [5.41, 5.74) is 2.11. The van der Waals surface area contributed by atoms with Crippen LogP contribution in [-0.4, -0.2) is 20.8 Å². The van der Waals surface area contributed by atoms with E-state index in [9.17, 15) is 4.39 Å². The minimum atomic E-state index is -0.200. The van der Waals surface area contributed by atoms with Gasteiger partial charge in [0.05, 0.1) is 14.2 Å². The van der Waals surface area contributed by atoms with E-state index in [0.29, 0.717) is 6.54 Å². The van der Waals surface area contributed by atoms with Gasteiger partial charge in [-0.3, -0.25) is 0 Å². The molecule has 0 aromatic heterocycles. The van der Waals surface area contributed by atoms with E-state index in [2.05, 4.69) is 5.32 Å². The fraction of sp³-hybridized carbons (Fsp3) is 0.294. The van der Waals surface area contributed by atoms with E-state index in [-0.39, 0.29) is 5.82 Å². The van der Waals surface area contributed by atoms with Crippen molar-refractivity contribution in [2.45, 2.75) is 13.0 Å². The third-order valence-electron chi connectivity index (χ3n) is 3.26. The van der Waals surface area contributed by atoms with Crippen LogP contribution in [-0.2, 0) is 13.0 Å². The Morgan fingerprint density at radius 3 is 2.48 bits per heavy atom. The first kappa shape index (κ1) is 15.3. The van der Waals surface area contributed by atoms with Gasteiger partial charge in [0, 0.05) is 6.54 Å². The molecule has 0 bridgehead atoms. The first-order valence-corrected chi connectivity index (χ1v) is 6.89. The van der Waals surface area contributed by atoms with E-state index < -0.39 is 0 Å². The molecule has 2 aromatic carbocycles. The Hall–Kier alpha value is -2.07. The number of rotatable bonds is 7. The fourth-order valence-electron chi connectivity index (χ4n) is 2.15. The number of halogens is 1. The summed E-state index contributed by atoms with van der Waals surface area (Å²) < 4.78 is 23.5. The van der Waals surface area contributed by atoms with Crippen molar-refractivity contribution < 1.29 is 13.9 Å². The van der Waals surface area contributed by atoms with Crippen molar-refractivity contribution >= 4 is 0 Å². The summed E-state index contributed by atoms with van der Waals surface area (Å²) in [6.45, 7) is 1.47. The predicted molar refractivity (Wildman–Crippen MR) is 81.4 cm³/mol. The van der Waals surface area contributed by atoms with Gasteiger partial charge in [-0.05, 0) is 48.4 Å². The molecule has 0 saturated carbocycles. The average Bonchev–Trinajstić information content (AvgIpc) is 2.51. The summed E-state index contributed by atoms with van der Waals surface area (Å²) in [7, 11) is 3.25. The molecule has 0 spiro atoms. The lowest BCUT2D eigenvalue weighted by Crippen LogP contribution is -2.16. The van der Waals surface area contributed by atoms with Crippen molar-refractivity contribution in [3.63, 3.8) is 0 Å². The third kappa shape index (κ3) is 4.46. The summed E-state index contributed by atoms with van der Waals surface area (Å²) in [6.07, 6.45) is 0.871. The van der Waals surface area contributed by atoms with Gasteiger partial charge in [-0.25, -0.2) is 4.39 Å². The van der Waals surface area contributed by atoms with Gasteiger partial charge in [0.2, 0.25) is 0 Å². The molecule has 2 rings (SSSR count). The maximum Gasteiger partial charge on any atom is 0.160 e. The first-order valence-electron chi connectivity index (χ1n) is 6.89. The number of benzene rings is 2. The Morgan fingerprint density at radius 2 is 1.76 bits per heavy atom.